The van der Waals surface area contributed by atoms with Gasteiger partial charge in [0.05, 0.1) is 3.92 Å². The summed E-state index contributed by atoms with van der Waals surface area (Å²) in [6.07, 6.45) is 1.84. The van der Waals surface area contributed by atoms with E-state index in [-0.39, 0.29) is 9.71 Å². The molecule has 0 spiro atoms. The molecule has 0 fully saturated rings. The van der Waals surface area contributed by atoms with Crippen LogP contribution in [0.15, 0.2) is 67.3 Å². The van der Waals surface area contributed by atoms with Crippen molar-refractivity contribution in [3.8, 4) is 0 Å². The summed E-state index contributed by atoms with van der Waals surface area (Å²) in [7, 11) is 0. The first kappa shape index (κ1) is 13.0. The van der Waals surface area contributed by atoms with Crippen LogP contribution in [0.4, 0.5) is 0 Å². The predicted molar refractivity (Wildman–Crippen MR) is 83.3 cm³/mol. The highest BCUT2D eigenvalue weighted by Crippen LogP contribution is 2.28. The van der Waals surface area contributed by atoms with Crippen LogP contribution >= 0.6 is 22.6 Å². The zero-order valence-corrected chi connectivity index (χ0v) is 12.0. The van der Waals surface area contributed by atoms with Crippen molar-refractivity contribution in [1.82, 2.24) is 0 Å². The lowest BCUT2D eigenvalue weighted by Gasteiger charge is -2.11. The minimum Gasteiger partial charge on any atom is -0.289 e. The van der Waals surface area contributed by atoms with E-state index in [9.17, 15) is 4.79 Å². The lowest BCUT2D eigenvalue weighted by atomic mass is 9.97. The Labute approximate surface area is 121 Å². The second kappa shape index (κ2) is 5.96. The molecule has 90 valence electrons. The molecule has 0 N–H and O–H groups in total. The summed E-state index contributed by atoms with van der Waals surface area (Å²) in [4.78, 5) is 12.4. The molecule has 0 aliphatic heterocycles. The summed E-state index contributed by atoms with van der Waals surface area (Å²) in [6, 6.07) is 17.1. The largest absolute Gasteiger partial charge is 0.289 e. The van der Waals surface area contributed by atoms with E-state index in [0.29, 0.717) is 0 Å². The smallest absolute Gasteiger partial charge is 0.193 e. The summed E-state index contributed by atoms with van der Waals surface area (Å²) < 4.78 is 0.145. The lowest BCUT2D eigenvalue weighted by molar-refractivity contribution is 0.103. The molecule has 2 aromatic rings. The van der Waals surface area contributed by atoms with E-state index in [0.717, 1.165) is 16.7 Å². The second-order valence-electron chi connectivity index (χ2n) is 3.92. The lowest BCUT2D eigenvalue weighted by Crippen LogP contribution is -2.05. The molecule has 18 heavy (non-hydrogen) atoms. The van der Waals surface area contributed by atoms with E-state index in [1.165, 1.54) is 0 Å². The third-order valence-corrected chi connectivity index (χ3v) is 3.92. The average molecular weight is 348 g/mol. The molecule has 2 rings (SSSR count). The monoisotopic (exact) mass is 348 g/mol. The van der Waals surface area contributed by atoms with Gasteiger partial charge in [0.25, 0.3) is 0 Å². The number of alkyl halides is 1. The maximum Gasteiger partial charge on any atom is 0.193 e. The van der Waals surface area contributed by atoms with E-state index in [1.54, 1.807) is 0 Å². The number of benzene rings is 2. The minimum absolute atomic E-state index is 0.0646. The molecule has 0 aliphatic carbocycles. The van der Waals surface area contributed by atoms with Gasteiger partial charge >= 0.3 is 0 Å². The van der Waals surface area contributed by atoms with Crippen molar-refractivity contribution in [3.05, 3.63) is 83.9 Å². The molecule has 0 saturated heterocycles. The van der Waals surface area contributed by atoms with Gasteiger partial charge in [-0.25, -0.2) is 0 Å². The molecule has 2 heteroatoms. The first-order valence-corrected chi connectivity index (χ1v) is 6.94. The number of rotatable bonds is 4. The Balaban J connectivity index is 2.46. The average Bonchev–Trinajstić information content (AvgIpc) is 2.46. The summed E-state index contributed by atoms with van der Waals surface area (Å²) in [5.74, 6) is 0.0646. The van der Waals surface area contributed by atoms with Gasteiger partial charge in [0, 0.05) is 11.1 Å². The molecule has 0 aliphatic rings. The van der Waals surface area contributed by atoms with Gasteiger partial charge in [-0.3, -0.25) is 4.79 Å². The van der Waals surface area contributed by atoms with Gasteiger partial charge in [-0.1, -0.05) is 83.3 Å². The van der Waals surface area contributed by atoms with E-state index in [2.05, 4.69) is 29.2 Å². The molecule has 2 aromatic carbocycles. The summed E-state index contributed by atoms with van der Waals surface area (Å²) >= 11 is 2.28. The molecule has 0 saturated carbocycles. The van der Waals surface area contributed by atoms with Gasteiger partial charge in [-0.2, -0.15) is 0 Å². The number of hydrogen-bond acceptors (Lipinski definition) is 1. The van der Waals surface area contributed by atoms with Crippen LogP contribution < -0.4 is 0 Å². The van der Waals surface area contributed by atoms with Crippen molar-refractivity contribution < 1.29 is 4.79 Å². The number of halogens is 1. The van der Waals surface area contributed by atoms with Gasteiger partial charge in [0.1, 0.15) is 0 Å². The van der Waals surface area contributed by atoms with Gasteiger partial charge in [0.2, 0.25) is 0 Å². The highest BCUT2D eigenvalue weighted by molar-refractivity contribution is 14.1. The molecule has 1 nitrogen and oxygen atoms in total. The van der Waals surface area contributed by atoms with Gasteiger partial charge in [0.15, 0.2) is 5.78 Å². The molecular weight excluding hydrogens is 335 g/mol. The molecule has 0 amide bonds. The third kappa shape index (κ3) is 2.70. The van der Waals surface area contributed by atoms with E-state index in [1.807, 2.05) is 60.7 Å². The van der Waals surface area contributed by atoms with E-state index in [4.69, 9.17) is 0 Å². The molecule has 1 atom stereocenters. The van der Waals surface area contributed by atoms with Crippen LogP contribution in [0.1, 0.15) is 25.4 Å². The Morgan fingerprint density at radius 2 is 1.67 bits per heavy atom. The number of allylic oxidation sites excluding steroid dienone is 1. The fraction of sp³-hybridized carbons (Fsp3) is 0.0625. The Bertz CT molecular complexity index is 560. The second-order valence-corrected chi connectivity index (χ2v) is 5.26. The topological polar surface area (TPSA) is 17.1 Å². The van der Waals surface area contributed by atoms with Crippen LogP contribution in [0.5, 0.6) is 0 Å². The highest BCUT2D eigenvalue weighted by Gasteiger charge is 2.15. The zero-order chi connectivity index (χ0) is 13.0. The highest BCUT2D eigenvalue weighted by atomic mass is 127. The van der Waals surface area contributed by atoms with Crippen LogP contribution in [0.25, 0.3) is 0 Å². The first-order chi connectivity index (χ1) is 8.74. The molecule has 0 heterocycles. The summed E-state index contributed by atoms with van der Waals surface area (Å²) in [5, 5.41) is 0. The van der Waals surface area contributed by atoms with Crippen LogP contribution in [0.3, 0.4) is 0 Å². The van der Waals surface area contributed by atoms with Crippen LogP contribution in [-0.4, -0.2) is 5.78 Å². The van der Waals surface area contributed by atoms with Crippen molar-refractivity contribution in [3.63, 3.8) is 0 Å². The van der Waals surface area contributed by atoms with Gasteiger partial charge in [-0.05, 0) is 5.56 Å². The maximum atomic E-state index is 12.4. The summed E-state index contributed by atoms with van der Waals surface area (Å²) in [5.41, 5.74) is 2.49. The summed E-state index contributed by atoms with van der Waals surface area (Å²) in [6.45, 7) is 3.79. The normalized spacial score (nSPS) is 11.8. The van der Waals surface area contributed by atoms with Crippen molar-refractivity contribution in [2.75, 3.05) is 0 Å². The fourth-order valence-corrected chi connectivity index (χ4v) is 2.36. The zero-order valence-electron chi connectivity index (χ0n) is 9.84. The fourth-order valence-electron chi connectivity index (χ4n) is 1.82. The van der Waals surface area contributed by atoms with Crippen LogP contribution in [0, 0.1) is 0 Å². The number of hydrogen-bond donors (Lipinski definition) is 0. The molecule has 0 radical (unpaired) electrons. The van der Waals surface area contributed by atoms with Crippen molar-refractivity contribution in [2.45, 2.75) is 3.92 Å². The minimum atomic E-state index is 0.0646. The van der Waals surface area contributed by atoms with E-state index < -0.39 is 0 Å². The maximum absolute atomic E-state index is 12.4. The van der Waals surface area contributed by atoms with Gasteiger partial charge in [-0.15, -0.1) is 6.58 Å². The van der Waals surface area contributed by atoms with Crippen molar-refractivity contribution in [2.24, 2.45) is 0 Å². The standard InChI is InChI=1S/C16H13IO/c1-2-15(17)13-10-6-7-11-14(13)16(18)12-8-4-3-5-9-12/h2-11,15H,1H2. The van der Waals surface area contributed by atoms with Crippen LogP contribution in [0.2, 0.25) is 0 Å². The molecule has 1 unspecified atom stereocenters. The Morgan fingerprint density at radius 3 is 2.33 bits per heavy atom. The van der Waals surface area contributed by atoms with E-state index >= 15 is 0 Å². The quantitative estimate of drug-likeness (QED) is 0.342. The number of carbonyl (C=O) groups is 1. The third-order valence-electron chi connectivity index (χ3n) is 2.75. The van der Waals surface area contributed by atoms with Gasteiger partial charge < -0.3 is 0 Å². The number of ketones is 1. The Hall–Kier alpha value is -1.42. The molecule has 0 bridgehead atoms. The van der Waals surface area contributed by atoms with Crippen molar-refractivity contribution >= 4 is 28.4 Å². The molecular formula is C16H13IO. The Kier molecular flexibility index (Phi) is 4.31. The Morgan fingerprint density at radius 1 is 1.06 bits per heavy atom. The first-order valence-electron chi connectivity index (χ1n) is 5.69. The predicted octanol–water partition coefficient (Wildman–Crippen LogP) is 4.58. The van der Waals surface area contributed by atoms with Crippen LogP contribution in [-0.2, 0) is 0 Å². The number of carbonyl (C=O) groups excluding carboxylic acids is 1. The molecule has 0 aromatic heterocycles. The SMILES string of the molecule is C=CC(I)c1ccccc1C(=O)c1ccccc1. The van der Waals surface area contributed by atoms with Crippen molar-refractivity contribution in [1.29, 1.82) is 0 Å².